The maximum absolute atomic E-state index is 11.3. The van der Waals surface area contributed by atoms with Gasteiger partial charge < -0.3 is 20.7 Å². The average molecular weight is 259 g/mol. The Hall–Kier alpha value is -1.14. The lowest BCUT2D eigenvalue weighted by Gasteiger charge is -2.07. The second-order valence-electron chi connectivity index (χ2n) is 3.97. The zero-order chi connectivity index (χ0) is 13.6. The quantitative estimate of drug-likeness (QED) is 0.443. The molecule has 0 aliphatic carbocycles. The summed E-state index contributed by atoms with van der Waals surface area (Å²) in [7, 11) is 1.59. The Morgan fingerprint density at radius 2 is 1.78 bits per heavy atom. The van der Waals surface area contributed by atoms with Crippen molar-refractivity contribution in [2.24, 2.45) is 0 Å². The van der Waals surface area contributed by atoms with Crippen LogP contribution in [0.4, 0.5) is 0 Å². The first-order valence-electron chi connectivity index (χ1n) is 6.43. The van der Waals surface area contributed by atoms with Gasteiger partial charge in [-0.25, -0.2) is 0 Å². The van der Waals surface area contributed by atoms with Gasteiger partial charge in [0.1, 0.15) is 0 Å². The molecule has 6 heteroatoms. The molecule has 0 unspecified atom stereocenters. The standard InChI is InChI=1S/C12H25N3O3/c1-3-4-6-14-12(17)10-13-7-5-11(16)15-8-9-18-2/h13H,3-10H2,1-2H3,(H,14,17)(H,15,16). The number of nitrogens with one attached hydrogen (secondary N) is 3. The van der Waals surface area contributed by atoms with Gasteiger partial charge in [0.2, 0.25) is 11.8 Å². The lowest BCUT2D eigenvalue weighted by molar-refractivity contribution is -0.122. The molecule has 0 aliphatic rings. The molecule has 106 valence electrons. The molecular weight excluding hydrogens is 234 g/mol. The Balaban J connectivity index is 3.32. The van der Waals surface area contributed by atoms with Crippen molar-refractivity contribution in [3.05, 3.63) is 0 Å². The molecule has 18 heavy (non-hydrogen) atoms. The minimum absolute atomic E-state index is 0.0248. The molecule has 0 radical (unpaired) electrons. The van der Waals surface area contributed by atoms with Gasteiger partial charge in [-0.1, -0.05) is 13.3 Å². The van der Waals surface area contributed by atoms with Crippen molar-refractivity contribution in [3.8, 4) is 0 Å². The highest BCUT2D eigenvalue weighted by atomic mass is 16.5. The lowest BCUT2D eigenvalue weighted by Crippen LogP contribution is -2.36. The topological polar surface area (TPSA) is 79.5 Å². The minimum Gasteiger partial charge on any atom is -0.383 e. The molecule has 0 heterocycles. The molecule has 3 N–H and O–H groups in total. The molecular formula is C12H25N3O3. The summed E-state index contributed by atoms with van der Waals surface area (Å²) in [5.41, 5.74) is 0. The predicted octanol–water partition coefficient (Wildman–Crippen LogP) is -0.355. The van der Waals surface area contributed by atoms with Crippen LogP contribution in [-0.4, -0.2) is 51.7 Å². The van der Waals surface area contributed by atoms with Gasteiger partial charge >= 0.3 is 0 Å². The van der Waals surface area contributed by atoms with Crippen molar-refractivity contribution in [2.75, 3.05) is 39.9 Å². The number of carbonyl (C=O) groups excluding carboxylic acids is 2. The Labute approximate surface area is 109 Å². The van der Waals surface area contributed by atoms with Gasteiger partial charge in [-0.15, -0.1) is 0 Å². The summed E-state index contributed by atoms with van der Waals surface area (Å²) in [6.45, 7) is 4.59. The second kappa shape index (κ2) is 12.3. The van der Waals surface area contributed by atoms with Crippen LogP contribution < -0.4 is 16.0 Å². The number of hydrogen-bond donors (Lipinski definition) is 3. The van der Waals surface area contributed by atoms with Crippen LogP contribution in [0, 0.1) is 0 Å². The number of methoxy groups -OCH3 is 1. The fourth-order valence-corrected chi connectivity index (χ4v) is 1.25. The summed E-state index contributed by atoms with van der Waals surface area (Å²) >= 11 is 0. The van der Waals surface area contributed by atoms with Crippen molar-refractivity contribution >= 4 is 11.8 Å². The molecule has 0 aromatic heterocycles. The normalized spacial score (nSPS) is 10.1. The molecule has 0 aromatic carbocycles. The first-order valence-corrected chi connectivity index (χ1v) is 6.43. The van der Waals surface area contributed by atoms with Crippen molar-refractivity contribution < 1.29 is 14.3 Å². The lowest BCUT2D eigenvalue weighted by atomic mass is 10.3. The number of ether oxygens (including phenoxy) is 1. The third-order valence-electron chi connectivity index (χ3n) is 2.30. The summed E-state index contributed by atoms with van der Waals surface area (Å²) in [6.07, 6.45) is 2.43. The van der Waals surface area contributed by atoms with Gasteiger partial charge in [-0.3, -0.25) is 9.59 Å². The predicted molar refractivity (Wildman–Crippen MR) is 70.3 cm³/mol. The second-order valence-corrected chi connectivity index (χ2v) is 3.97. The molecule has 0 bridgehead atoms. The van der Waals surface area contributed by atoms with Gasteiger partial charge in [-0.2, -0.15) is 0 Å². The maximum atomic E-state index is 11.3. The van der Waals surface area contributed by atoms with E-state index in [2.05, 4.69) is 22.9 Å². The zero-order valence-electron chi connectivity index (χ0n) is 11.4. The van der Waals surface area contributed by atoms with Crippen LogP contribution >= 0.6 is 0 Å². The maximum Gasteiger partial charge on any atom is 0.233 e. The molecule has 0 spiro atoms. The van der Waals surface area contributed by atoms with Crippen LogP contribution in [0.5, 0.6) is 0 Å². The Bertz CT molecular complexity index is 211. The number of amides is 2. The van der Waals surface area contributed by atoms with E-state index in [4.69, 9.17) is 4.74 Å². The number of carbonyl (C=O) groups is 2. The molecule has 0 saturated carbocycles. The number of unbranched alkanes of at least 4 members (excludes halogenated alkanes) is 1. The van der Waals surface area contributed by atoms with Crippen molar-refractivity contribution in [1.82, 2.24) is 16.0 Å². The van der Waals surface area contributed by atoms with Crippen LogP contribution in [0.25, 0.3) is 0 Å². The molecule has 0 rings (SSSR count). The van der Waals surface area contributed by atoms with Crippen LogP contribution in [0.1, 0.15) is 26.2 Å². The van der Waals surface area contributed by atoms with E-state index in [1.807, 2.05) is 0 Å². The summed E-state index contributed by atoms with van der Waals surface area (Å²) < 4.78 is 4.81. The highest BCUT2D eigenvalue weighted by Gasteiger charge is 2.02. The Kier molecular flexibility index (Phi) is 11.5. The van der Waals surface area contributed by atoms with E-state index in [1.165, 1.54) is 0 Å². The van der Waals surface area contributed by atoms with E-state index in [0.717, 1.165) is 12.8 Å². The van der Waals surface area contributed by atoms with E-state index in [-0.39, 0.29) is 18.4 Å². The van der Waals surface area contributed by atoms with Gasteiger partial charge in [0, 0.05) is 33.2 Å². The van der Waals surface area contributed by atoms with Gasteiger partial charge in [0.15, 0.2) is 0 Å². The summed E-state index contributed by atoms with van der Waals surface area (Å²) in [5.74, 6) is -0.0609. The Morgan fingerprint density at radius 1 is 1.06 bits per heavy atom. The van der Waals surface area contributed by atoms with Gasteiger partial charge in [0.25, 0.3) is 0 Å². The highest BCUT2D eigenvalue weighted by Crippen LogP contribution is 1.82. The smallest absolute Gasteiger partial charge is 0.233 e. The zero-order valence-corrected chi connectivity index (χ0v) is 11.4. The molecule has 0 aliphatic heterocycles. The fraction of sp³-hybridized carbons (Fsp3) is 0.833. The van der Waals surface area contributed by atoms with E-state index in [9.17, 15) is 9.59 Å². The van der Waals surface area contributed by atoms with Crippen molar-refractivity contribution in [2.45, 2.75) is 26.2 Å². The largest absolute Gasteiger partial charge is 0.383 e. The molecule has 0 atom stereocenters. The first-order chi connectivity index (χ1) is 8.70. The van der Waals surface area contributed by atoms with Crippen LogP contribution in [0.2, 0.25) is 0 Å². The fourth-order valence-electron chi connectivity index (χ4n) is 1.25. The van der Waals surface area contributed by atoms with Crippen molar-refractivity contribution in [3.63, 3.8) is 0 Å². The molecule has 0 aromatic rings. The number of rotatable bonds is 11. The third-order valence-corrected chi connectivity index (χ3v) is 2.30. The molecule has 6 nitrogen and oxygen atoms in total. The summed E-state index contributed by atoms with van der Waals surface area (Å²) in [6, 6.07) is 0. The van der Waals surface area contributed by atoms with E-state index in [0.29, 0.717) is 32.7 Å². The summed E-state index contributed by atoms with van der Waals surface area (Å²) in [4.78, 5) is 22.5. The Morgan fingerprint density at radius 3 is 2.44 bits per heavy atom. The van der Waals surface area contributed by atoms with Gasteiger partial charge in [0.05, 0.1) is 13.2 Å². The molecule has 2 amide bonds. The van der Waals surface area contributed by atoms with Crippen LogP contribution in [-0.2, 0) is 14.3 Å². The minimum atomic E-state index is -0.0362. The van der Waals surface area contributed by atoms with Crippen LogP contribution in [0.3, 0.4) is 0 Å². The van der Waals surface area contributed by atoms with Crippen LogP contribution in [0.15, 0.2) is 0 Å². The van der Waals surface area contributed by atoms with Gasteiger partial charge in [-0.05, 0) is 6.42 Å². The molecule has 0 fully saturated rings. The highest BCUT2D eigenvalue weighted by molar-refractivity contribution is 5.78. The number of hydrogen-bond acceptors (Lipinski definition) is 4. The summed E-state index contributed by atoms with van der Waals surface area (Å²) in [5, 5.41) is 8.43. The van der Waals surface area contributed by atoms with E-state index in [1.54, 1.807) is 7.11 Å². The van der Waals surface area contributed by atoms with E-state index >= 15 is 0 Å². The SMILES string of the molecule is CCCCNC(=O)CNCCC(=O)NCCOC. The molecule has 0 saturated heterocycles. The van der Waals surface area contributed by atoms with E-state index < -0.39 is 0 Å². The first kappa shape index (κ1) is 16.9. The monoisotopic (exact) mass is 259 g/mol. The van der Waals surface area contributed by atoms with Crippen molar-refractivity contribution in [1.29, 1.82) is 0 Å². The average Bonchev–Trinajstić information content (AvgIpc) is 2.35. The third kappa shape index (κ3) is 11.3.